The molecule has 4 aromatic rings. The number of hydrogen-bond donors (Lipinski definition) is 3. The fraction of sp³-hybridized carbons (Fsp3) is 0.342. The van der Waals surface area contributed by atoms with Crippen molar-refractivity contribution in [2.45, 2.75) is 77.9 Å². The molecule has 2 atom stereocenters. The van der Waals surface area contributed by atoms with Crippen LogP contribution >= 0.6 is 0 Å². The van der Waals surface area contributed by atoms with Crippen molar-refractivity contribution in [1.82, 2.24) is 20.5 Å². The number of aromatic nitrogens is 1. The maximum absolute atomic E-state index is 13.6. The van der Waals surface area contributed by atoms with Gasteiger partial charge in [0.2, 0.25) is 5.91 Å². The van der Waals surface area contributed by atoms with Crippen LogP contribution in [0.5, 0.6) is 0 Å². The van der Waals surface area contributed by atoms with Crippen LogP contribution in [0.2, 0.25) is 0 Å². The maximum Gasteiger partial charge on any atom is 0.408 e. The molecule has 3 amide bonds. The molecule has 0 saturated carbocycles. The number of carbonyl (C=O) groups is 5. The highest BCUT2D eigenvalue weighted by Crippen LogP contribution is 2.24. The largest absolute Gasteiger partial charge is 0.459 e. The van der Waals surface area contributed by atoms with Gasteiger partial charge in [-0.15, -0.1) is 0 Å². The third kappa shape index (κ3) is 11.5. The van der Waals surface area contributed by atoms with E-state index in [1.807, 2.05) is 72.8 Å². The number of amides is 3. The Hall–Kier alpha value is -5.65. The topological polar surface area (TPSA) is 154 Å². The molecular weight excluding hydrogens is 640 g/mol. The number of para-hydroxylation sites is 1. The molecule has 0 aliphatic rings. The van der Waals surface area contributed by atoms with Crippen LogP contribution in [0.3, 0.4) is 0 Å². The lowest BCUT2D eigenvalue weighted by atomic mass is 10.0. The zero-order valence-electron chi connectivity index (χ0n) is 28.8. The smallest absolute Gasteiger partial charge is 0.408 e. The summed E-state index contributed by atoms with van der Waals surface area (Å²) < 4.78 is 17.5. The number of rotatable bonds is 14. The summed E-state index contributed by atoms with van der Waals surface area (Å²) in [5.74, 6) is -1.48. The van der Waals surface area contributed by atoms with Gasteiger partial charge in [-0.2, -0.15) is 0 Å². The summed E-state index contributed by atoms with van der Waals surface area (Å²) in [7, 11) is 0. The highest BCUT2D eigenvalue weighted by atomic mass is 16.6. The Balaban J connectivity index is 1.45. The molecule has 12 heteroatoms. The standard InChI is InChI=1S/C38H44N4O8/c1-26(40-37(47)49-25-28-16-9-6-10-17-28)34(44)42-23-29(30-18-11-12-19-32(30)42)22-31(35(45)48-24-27-14-7-5-8-15-27)41-33(43)20-13-21-39-36(46)50-38(2,3)4/h5-12,14-19,23,26,31H,13,20-22,24-25H2,1-4H3,(H,39,46)(H,40,47)(H,41,43). The predicted octanol–water partition coefficient (Wildman–Crippen LogP) is 5.67. The van der Waals surface area contributed by atoms with E-state index in [4.69, 9.17) is 14.2 Å². The van der Waals surface area contributed by atoms with Crippen LogP contribution in [0.25, 0.3) is 10.9 Å². The minimum Gasteiger partial charge on any atom is -0.459 e. The third-order valence-electron chi connectivity index (χ3n) is 7.47. The highest BCUT2D eigenvalue weighted by molar-refractivity contribution is 5.98. The molecule has 0 radical (unpaired) electrons. The van der Waals surface area contributed by atoms with E-state index < -0.39 is 47.7 Å². The van der Waals surface area contributed by atoms with E-state index >= 15 is 0 Å². The Kier molecular flexibility index (Phi) is 13.1. The third-order valence-corrected chi connectivity index (χ3v) is 7.47. The first-order valence-electron chi connectivity index (χ1n) is 16.5. The van der Waals surface area contributed by atoms with Crippen LogP contribution in [0.15, 0.2) is 91.1 Å². The monoisotopic (exact) mass is 684 g/mol. The molecule has 3 N–H and O–H groups in total. The van der Waals surface area contributed by atoms with Crippen molar-refractivity contribution in [3.05, 3.63) is 108 Å². The summed E-state index contributed by atoms with van der Waals surface area (Å²) in [6.45, 7) is 7.09. The molecule has 1 heterocycles. The predicted molar refractivity (Wildman–Crippen MR) is 187 cm³/mol. The Morgan fingerprint density at radius 2 is 1.36 bits per heavy atom. The van der Waals surface area contributed by atoms with E-state index in [-0.39, 0.29) is 32.6 Å². The first-order chi connectivity index (χ1) is 23.9. The minimum atomic E-state index is -1.08. The number of nitrogens with zero attached hydrogens (tertiary/aromatic N) is 1. The van der Waals surface area contributed by atoms with Crippen LogP contribution < -0.4 is 16.0 Å². The fourth-order valence-electron chi connectivity index (χ4n) is 5.07. The van der Waals surface area contributed by atoms with Gasteiger partial charge in [-0.25, -0.2) is 14.4 Å². The highest BCUT2D eigenvalue weighted by Gasteiger charge is 2.27. The average Bonchev–Trinajstić information content (AvgIpc) is 3.45. The van der Waals surface area contributed by atoms with Crippen molar-refractivity contribution >= 4 is 40.9 Å². The molecule has 264 valence electrons. The summed E-state index contributed by atoms with van der Waals surface area (Å²) in [6, 6.07) is 23.5. The Morgan fingerprint density at radius 3 is 2.00 bits per heavy atom. The normalized spacial score (nSPS) is 12.3. The summed E-state index contributed by atoms with van der Waals surface area (Å²) in [5, 5.41) is 8.67. The van der Waals surface area contributed by atoms with Gasteiger partial charge in [-0.1, -0.05) is 78.9 Å². The van der Waals surface area contributed by atoms with Crippen LogP contribution in [0.4, 0.5) is 9.59 Å². The van der Waals surface area contributed by atoms with E-state index in [9.17, 15) is 24.0 Å². The van der Waals surface area contributed by atoms with E-state index in [1.54, 1.807) is 46.0 Å². The first kappa shape index (κ1) is 37.2. The van der Waals surface area contributed by atoms with Gasteiger partial charge in [0.15, 0.2) is 0 Å². The first-order valence-corrected chi connectivity index (χ1v) is 16.5. The van der Waals surface area contributed by atoms with Crippen molar-refractivity contribution in [3.63, 3.8) is 0 Å². The zero-order chi connectivity index (χ0) is 36.1. The molecule has 4 rings (SSSR count). The van der Waals surface area contributed by atoms with Crippen molar-refractivity contribution in [1.29, 1.82) is 0 Å². The second-order valence-corrected chi connectivity index (χ2v) is 12.8. The van der Waals surface area contributed by atoms with E-state index in [0.29, 0.717) is 22.9 Å². The lowest BCUT2D eigenvalue weighted by Crippen LogP contribution is -2.43. The molecule has 50 heavy (non-hydrogen) atoms. The molecule has 0 spiro atoms. The molecule has 0 fully saturated rings. The molecule has 2 unspecified atom stereocenters. The van der Waals surface area contributed by atoms with Crippen LogP contribution in [0.1, 0.15) is 62.0 Å². The number of alkyl carbamates (subject to hydrolysis) is 2. The summed E-state index contributed by atoms with van der Waals surface area (Å²) in [5.41, 5.74) is 2.12. The summed E-state index contributed by atoms with van der Waals surface area (Å²) in [4.78, 5) is 64.5. The van der Waals surface area contributed by atoms with Crippen LogP contribution in [0, 0.1) is 0 Å². The van der Waals surface area contributed by atoms with Crippen molar-refractivity contribution < 1.29 is 38.2 Å². The number of carbonyl (C=O) groups excluding carboxylic acids is 5. The van der Waals surface area contributed by atoms with Gasteiger partial charge in [0.25, 0.3) is 5.91 Å². The molecule has 12 nitrogen and oxygen atoms in total. The lowest BCUT2D eigenvalue weighted by molar-refractivity contribution is -0.149. The van der Waals surface area contributed by atoms with Gasteiger partial charge in [-0.3, -0.25) is 14.2 Å². The van der Waals surface area contributed by atoms with Crippen molar-refractivity contribution in [2.24, 2.45) is 0 Å². The second-order valence-electron chi connectivity index (χ2n) is 12.8. The molecule has 0 aliphatic carbocycles. The van der Waals surface area contributed by atoms with Gasteiger partial charge < -0.3 is 30.2 Å². The maximum atomic E-state index is 13.6. The van der Waals surface area contributed by atoms with Gasteiger partial charge >= 0.3 is 18.2 Å². The molecule has 3 aromatic carbocycles. The van der Waals surface area contributed by atoms with Gasteiger partial charge in [0.05, 0.1) is 5.52 Å². The number of hydrogen-bond acceptors (Lipinski definition) is 8. The van der Waals surface area contributed by atoms with Crippen molar-refractivity contribution in [2.75, 3.05) is 6.54 Å². The quantitative estimate of drug-likeness (QED) is 0.0872. The number of fused-ring (bicyclic) bond motifs is 1. The molecule has 0 aliphatic heterocycles. The number of ether oxygens (including phenoxy) is 3. The van der Waals surface area contributed by atoms with Crippen LogP contribution in [-0.2, 0) is 43.4 Å². The zero-order valence-corrected chi connectivity index (χ0v) is 28.8. The second kappa shape index (κ2) is 17.7. The Labute approximate surface area is 291 Å². The average molecular weight is 685 g/mol. The van der Waals surface area contributed by atoms with Crippen molar-refractivity contribution in [3.8, 4) is 0 Å². The molecule has 1 aromatic heterocycles. The van der Waals surface area contributed by atoms with Gasteiger partial charge in [-0.05, 0) is 56.9 Å². The molecule has 0 bridgehead atoms. The molecule has 0 saturated heterocycles. The van der Waals surface area contributed by atoms with E-state index in [2.05, 4.69) is 16.0 Å². The summed E-state index contributed by atoms with van der Waals surface area (Å²) in [6.07, 6.45) is 0.647. The summed E-state index contributed by atoms with van der Waals surface area (Å²) >= 11 is 0. The van der Waals surface area contributed by atoms with E-state index in [1.165, 1.54) is 4.57 Å². The number of esters is 1. The SMILES string of the molecule is CC(NC(=O)OCc1ccccc1)C(=O)n1cc(CC(NC(=O)CCCNC(=O)OC(C)(C)C)C(=O)OCc2ccccc2)c2ccccc21. The number of nitrogens with one attached hydrogen (secondary N) is 3. The lowest BCUT2D eigenvalue weighted by Gasteiger charge is -2.20. The fourth-order valence-corrected chi connectivity index (χ4v) is 5.07. The van der Waals surface area contributed by atoms with Crippen LogP contribution in [-0.4, -0.2) is 58.8 Å². The Morgan fingerprint density at radius 1 is 0.760 bits per heavy atom. The Bertz CT molecular complexity index is 1770. The minimum absolute atomic E-state index is 0.00958. The van der Waals surface area contributed by atoms with E-state index in [0.717, 1.165) is 11.1 Å². The van der Waals surface area contributed by atoms with Gasteiger partial charge in [0.1, 0.15) is 30.9 Å². The van der Waals surface area contributed by atoms with Gasteiger partial charge in [0, 0.05) is 31.0 Å². The molecular formula is C38H44N4O8. The number of benzene rings is 3.